The molecule has 0 aliphatic carbocycles. The Morgan fingerprint density at radius 1 is 1.07 bits per heavy atom. The van der Waals surface area contributed by atoms with Crippen LogP contribution >= 0.6 is 39.2 Å². The number of halogens is 3. The molecule has 6 unspecified atom stereocenters. The van der Waals surface area contributed by atoms with Crippen molar-refractivity contribution in [2.45, 2.75) is 55.0 Å². The van der Waals surface area contributed by atoms with E-state index >= 15 is 0 Å². The molecule has 4 N–H and O–H groups in total. The molecule has 46 heavy (non-hydrogen) atoms. The summed E-state index contributed by atoms with van der Waals surface area (Å²) in [5, 5.41) is 3.22. The quantitative estimate of drug-likeness (QED) is 0.0753. The van der Waals surface area contributed by atoms with Gasteiger partial charge < -0.3 is 34.2 Å². The molecule has 0 spiro atoms. The zero-order chi connectivity index (χ0) is 33.1. The first-order valence-corrected chi connectivity index (χ1v) is 19.0. The largest absolute Gasteiger partial charge is 0.481 e. The van der Waals surface area contributed by atoms with E-state index in [0.717, 1.165) is 17.3 Å². The molecule has 0 radical (unpaired) electrons. The fourth-order valence-corrected chi connectivity index (χ4v) is 7.51. The van der Waals surface area contributed by atoms with Gasteiger partial charge in [-0.2, -0.15) is 29.2 Å². The SMILES string of the molecule is CSCCNc1nc(SCCC(F)(F)F)nc2c1ncn2C1OC(COP(=O)(O)OP(=O)(O)O)C2OC(Cc3ccccc3)OC21. The standard InChI is InChI=1S/C24H30F3N5O10P2S2/c1-45-10-8-28-20-17-21(31-23(30-20)46-9-7-24(25,26)27)32(13-29-17)22-19-18(40-16(41-19)11-14-5-3-2-4-6-14)15(39-22)12-38-44(36,37)42-43(33,34)35/h2-6,13,15-16,18-19,22H,7-12H2,1H3,(H,36,37)(H,28,30,31)(H2,33,34,35). The van der Waals surface area contributed by atoms with Gasteiger partial charge in [-0.1, -0.05) is 42.1 Å². The third kappa shape index (κ3) is 9.42. The summed E-state index contributed by atoms with van der Waals surface area (Å²) in [5.41, 5.74) is 1.43. The molecule has 2 aliphatic heterocycles. The molecule has 2 saturated heterocycles. The Balaban J connectivity index is 1.44. The summed E-state index contributed by atoms with van der Waals surface area (Å²) in [4.78, 5) is 41.1. The van der Waals surface area contributed by atoms with E-state index < -0.39 is 65.7 Å². The Bertz CT molecular complexity index is 1590. The number of rotatable bonds is 15. The van der Waals surface area contributed by atoms with E-state index in [9.17, 15) is 27.2 Å². The second-order valence-electron chi connectivity index (χ2n) is 10.0. The summed E-state index contributed by atoms with van der Waals surface area (Å²) >= 11 is 2.40. The van der Waals surface area contributed by atoms with Crippen molar-refractivity contribution in [3.8, 4) is 0 Å². The maximum atomic E-state index is 12.8. The van der Waals surface area contributed by atoms with Crippen LogP contribution < -0.4 is 5.32 Å². The predicted molar refractivity (Wildman–Crippen MR) is 160 cm³/mol. The van der Waals surface area contributed by atoms with Gasteiger partial charge in [0.1, 0.15) is 18.3 Å². The number of benzene rings is 1. The maximum absolute atomic E-state index is 12.8. The summed E-state index contributed by atoms with van der Waals surface area (Å²) < 4.78 is 90.6. The third-order valence-corrected chi connectivity index (χ3v) is 10.3. The lowest BCUT2D eigenvalue weighted by Crippen LogP contribution is -2.31. The number of thioether (sulfide) groups is 2. The predicted octanol–water partition coefficient (Wildman–Crippen LogP) is 4.12. The van der Waals surface area contributed by atoms with Gasteiger partial charge in [0, 0.05) is 24.5 Å². The maximum Gasteiger partial charge on any atom is 0.481 e. The number of hydrogen-bond acceptors (Lipinski definition) is 13. The molecule has 1 aromatic carbocycles. The normalized spacial score (nSPS) is 24.7. The summed E-state index contributed by atoms with van der Waals surface area (Å²) in [6.45, 7) is -0.193. The molecule has 5 rings (SSSR count). The van der Waals surface area contributed by atoms with Gasteiger partial charge >= 0.3 is 21.8 Å². The molecule has 3 aromatic rings. The van der Waals surface area contributed by atoms with Crippen LogP contribution in [0.5, 0.6) is 0 Å². The number of imidazole rings is 1. The average molecular weight is 732 g/mol. The van der Waals surface area contributed by atoms with Crippen molar-refractivity contribution in [2.24, 2.45) is 0 Å². The van der Waals surface area contributed by atoms with Crippen LogP contribution in [-0.4, -0.2) is 95.9 Å². The third-order valence-electron chi connectivity index (χ3n) is 6.65. The van der Waals surface area contributed by atoms with Crippen molar-refractivity contribution in [2.75, 3.05) is 36.2 Å². The molecule has 22 heteroatoms. The molecule has 6 atom stereocenters. The van der Waals surface area contributed by atoms with Crippen LogP contribution in [0, 0.1) is 0 Å². The van der Waals surface area contributed by atoms with Crippen LogP contribution in [0.15, 0.2) is 41.8 Å². The number of alkyl halides is 3. The van der Waals surface area contributed by atoms with Crippen LogP contribution in [0.1, 0.15) is 18.2 Å². The van der Waals surface area contributed by atoms with Crippen molar-refractivity contribution < 1.29 is 60.0 Å². The Hall–Kier alpha value is -1.80. The summed E-state index contributed by atoms with van der Waals surface area (Å²) in [6, 6.07) is 9.30. The number of ether oxygens (including phenoxy) is 3. The van der Waals surface area contributed by atoms with Crippen molar-refractivity contribution in [3.63, 3.8) is 0 Å². The first-order chi connectivity index (χ1) is 21.7. The lowest BCUT2D eigenvalue weighted by atomic mass is 10.1. The number of aromatic nitrogens is 4. The van der Waals surface area contributed by atoms with E-state index in [1.807, 2.05) is 36.6 Å². The highest BCUT2D eigenvalue weighted by Crippen LogP contribution is 2.58. The number of nitrogens with zero attached hydrogens (tertiary/aromatic N) is 4. The van der Waals surface area contributed by atoms with E-state index in [4.69, 9.17) is 28.5 Å². The van der Waals surface area contributed by atoms with E-state index in [1.54, 1.807) is 11.8 Å². The Morgan fingerprint density at radius 3 is 2.50 bits per heavy atom. The second-order valence-corrected chi connectivity index (χ2v) is 14.9. The Kier molecular flexibility index (Phi) is 11.4. The fraction of sp³-hybridized carbons (Fsp3) is 0.542. The van der Waals surface area contributed by atoms with E-state index in [-0.39, 0.29) is 16.6 Å². The zero-order valence-corrected chi connectivity index (χ0v) is 27.3. The highest BCUT2D eigenvalue weighted by Gasteiger charge is 2.54. The van der Waals surface area contributed by atoms with Crippen molar-refractivity contribution >= 4 is 56.2 Å². The highest BCUT2D eigenvalue weighted by molar-refractivity contribution is 7.99. The van der Waals surface area contributed by atoms with Crippen LogP contribution in [0.2, 0.25) is 0 Å². The Morgan fingerprint density at radius 2 is 1.80 bits per heavy atom. The molecule has 4 heterocycles. The molecule has 254 valence electrons. The molecule has 0 saturated carbocycles. The minimum absolute atomic E-state index is 0.0703. The minimum Gasteiger partial charge on any atom is -0.367 e. The monoisotopic (exact) mass is 731 g/mol. The van der Waals surface area contributed by atoms with Gasteiger partial charge in [0.2, 0.25) is 0 Å². The first-order valence-electron chi connectivity index (χ1n) is 13.6. The van der Waals surface area contributed by atoms with Crippen molar-refractivity contribution in [1.29, 1.82) is 0 Å². The number of phosphoric ester groups is 1. The Labute approximate surface area is 268 Å². The average Bonchev–Trinajstić information content (AvgIpc) is 3.64. The summed E-state index contributed by atoms with van der Waals surface area (Å²) in [7, 11) is -10.6. The van der Waals surface area contributed by atoms with Gasteiger partial charge in [-0.25, -0.2) is 24.1 Å². The van der Waals surface area contributed by atoms with Crippen molar-refractivity contribution in [1.82, 2.24) is 19.5 Å². The van der Waals surface area contributed by atoms with E-state index in [2.05, 4.69) is 24.6 Å². The minimum atomic E-state index is -5.37. The second kappa shape index (κ2) is 14.8. The van der Waals surface area contributed by atoms with Gasteiger partial charge in [-0.15, -0.1) is 0 Å². The molecule has 15 nitrogen and oxygen atoms in total. The van der Waals surface area contributed by atoms with Gasteiger partial charge in [-0.3, -0.25) is 9.09 Å². The van der Waals surface area contributed by atoms with Crippen LogP contribution in [-0.2, 0) is 38.6 Å². The number of nitrogens with one attached hydrogen (secondary N) is 1. The van der Waals surface area contributed by atoms with E-state index in [0.29, 0.717) is 30.1 Å². The molecule has 0 bridgehead atoms. The molecular formula is C24H30F3N5O10P2S2. The number of fused-ring (bicyclic) bond motifs is 2. The first kappa shape index (κ1) is 35.5. The molecule has 2 aromatic heterocycles. The van der Waals surface area contributed by atoms with Gasteiger partial charge in [0.15, 0.2) is 34.7 Å². The number of phosphoric acid groups is 2. The number of anilines is 1. The smallest absolute Gasteiger partial charge is 0.367 e. The number of hydrogen-bond donors (Lipinski definition) is 4. The van der Waals surface area contributed by atoms with Crippen molar-refractivity contribution in [3.05, 3.63) is 42.2 Å². The van der Waals surface area contributed by atoms with Gasteiger partial charge in [0.05, 0.1) is 19.4 Å². The van der Waals surface area contributed by atoms with Gasteiger partial charge in [0.25, 0.3) is 0 Å². The molecule has 2 fully saturated rings. The van der Waals surface area contributed by atoms with Gasteiger partial charge in [-0.05, 0) is 11.8 Å². The lowest BCUT2D eigenvalue weighted by Gasteiger charge is -2.22. The topological polar surface area (TPSA) is 197 Å². The molecular weight excluding hydrogens is 701 g/mol. The van der Waals surface area contributed by atoms with E-state index in [1.165, 1.54) is 10.9 Å². The molecule has 2 aliphatic rings. The highest BCUT2D eigenvalue weighted by atomic mass is 32.2. The summed E-state index contributed by atoms with van der Waals surface area (Å²) in [6.07, 6.45) is -6.39. The van der Waals surface area contributed by atoms with Crippen LogP contribution in [0.3, 0.4) is 0 Å². The van der Waals surface area contributed by atoms with Crippen LogP contribution in [0.25, 0.3) is 11.2 Å². The molecule has 0 amide bonds. The zero-order valence-electron chi connectivity index (χ0n) is 23.9. The lowest BCUT2D eigenvalue weighted by molar-refractivity contribution is -0.149. The summed E-state index contributed by atoms with van der Waals surface area (Å²) in [5.74, 6) is 0.713. The fourth-order valence-electron chi connectivity index (χ4n) is 4.79. The van der Waals surface area contributed by atoms with Crippen LogP contribution in [0.4, 0.5) is 19.0 Å².